The van der Waals surface area contributed by atoms with Crippen LogP contribution in [0.3, 0.4) is 0 Å². The number of benzene rings is 1. The molecular formula is C13H15BrN2O3. The molecule has 19 heavy (non-hydrogen) atoms. The summed E-state index contributed by atoms with van der Waals surface area (Å²) in [7, 11) is 0. The summed E-state index contributed by atoms with van der Waals surface area (Å²) in [5.41, 5.74) is 6.52. The maximum absolute atomic E-state index is 12.3. The number of nitrogens with zero attached hydrogens (tertiary/aromatic N) is 1. The minimum Gasteiger partial charge on any atom is -0.480 e. The Morgan fingerprint density at radius 2 is 2.11 bits per heavy atom. The van der Waals surface area contributed by atoms with Crippen LogP contribution in [0.15, 0.2) is 22.7 Å². The van der Waals surface area contributed by atoms with Crippen LogP contribution in [0.1, 0.15) is 23.2 Å². The maximum atomic E-state index is 12.3. The molecule has 6 heteroatoms. The first-order chi connectivity index (χ1) is 8.97. The van der Waals surface area contributed by atoms with Crippen molar-refractivity contribution in [2.24, 2.45) is 5.92 Å². The molecule has 1 saturated carbocycles. The van der Waals surface area contributed by atoms with E-state index in [4.69, 9.17) is 10.8 Å². The minimum absolute atomic E-state index is 0.287. The van der Waals surface area contributed by atoms with Crippen LogP contribution < -0.4 is 5.73 Å². The first-order valence-electron chi connectivity index (χ1n) is 6.03. The third kappa shape index (κ3) is 3.70. The fraction of sp³-hybridized carbons (Fsp3) is 0.385. The van der Waals surface area contributed by atoms with E-state index >= 15 is 0 Å². The highest BCUT2D eigenvalue weighted by atomic mass is 79.9. The quantitative estimate of drug-likeness (QED) is 0.810. The van der Waals surface area contributed by atoms with Gasteiger partial charge in [0.05, 0.1) is 5.56 Å². The zero-order valence-corrected chi connectivity index (χ0v) is 11.9. The van der Waals surface area contributed by atoms with Crippen molar-refractivity contribution in [3.8, 4) is 0 Å². The molecule has 1 aromatic rings. The number of carboxylic acids is 1. The number of carbonyl (C=O) groups excluding carboxylic acids is 1. The van der Waals surface area contributed by atoms with Crippen LogP contribution in [0.25, 0.3) is 0 Å². The summed E-state index contributed by atoms with van der Waals surface area (Å²) in [6, 6.07) is 4.98. The Labute approximate surface area is 119 Å². The summed E-state index contributed by atoms with van der Waals surface area (Å²) in [5.74, 6) is -0.899. The Kier molecular flexibility index (Phi) is 4.09. The highest BCUT2D eigenvalue weighted by Gasteiger charge is 2.29. The molecule has 3 N–H and O–H groups in total. The number of rotatable bonds is 5. The Morgan fingerprint density at radius 1 is 1.42 bits per heavy atom. The number of nitrogen functional groups attached to an aromatic ring is 1. The standard InChI is InChI=1S/C13H15BrN2O3/c14-9-3-4-10(11(15)5-9)13(19)16(7-12(17)18)6-8-1-2-8/h3-5,8H,1-2,6-7,15H2,(H,17,18). The molecule has 0 spiro atoms. The number of anilines is 1. The molecule has 5 nitrogen and oxygen atoms in total. The lowest BCUT2D eigenvalue weighted by Gasteiger charge is -2.21. The van der Waals surface area contributed by atoms with Crippen molar-refractivity contribution in [1.29, 1.82) is 0 Å². The second-order valence-electron chi connectivity index (χ2n) is 4.75. The molecule has 102 valence electrons. The van der Waals surface area contributed by atoms with E-state index in [1.54, 1.807) is 18.2 Å². The van der Waals surface area contributed by atoms with Crippen LogP contribution in [-0.2, 0) is 4.79 Å². The predicted octanol–water partition coefficient (Wildman–Crippen LogP) is 1.97. The number of amides is 1. The molecule has 1 amide bonds. The van der Waals surface area contributed by atoms with Crippen LogP contribution in [0.2, 0.25) is 0 Å². The van der Waals surface area contributed by atoms with Gasteiger partial charge in [0, 0.05) is 16.7 Å². The third-order valence-corrected chi connectivity index (χ3v) is 3.53. The van der Waals surface area contributed by atoms with Crippen LogP contribution in [-0.4, -0.2) is 35.0 Å². The number of hydrogen-bond acceptors (Lipinski definition) is 3. The highest BCUT2D eigenvalue weighted by Crippen LogP contribution is 2.30. The molecule has 2 rings (SSSR count). The first kappa shape index (κ1) is 13.9. The zero-order valence-electron chi connectivity index (χ0n) is 10.3. The van der Waals surface area contributed by atoms with Gasteiger partial charge in [-0.15, -0.1) is 0 Å². The Hall–Kier alpha value is -1.56. The fourth-order valence-electron chi connectivity index (χ4n) is 1.89. The molecule has 1 fully saturated rings. The van der Waals surface area contributed by atoms with E-state index in [9.17, 15) is 9.59 Å². The van der Waals surface area contributed by atoms with Crippen molar-refractivity contribution in [1.82, 2.24) is 4.90 Å². The number of nitrogens with two attached hydrogens (primary N) is 1. The molecular weight excluding hydrogens is 312 g/mol. The summed E-state index contributed by atoms with van der Waals surface area (Å²) < 4.78 is 0.786. The SMILES string of the molecule is Nc1cc(Br)ccc1C(=O)N(CC(=O)O)CC1CC1. The molecule has 1 aliphatic rings. The Bertz CT molecular complexity index is 515. The largest absolute Gasteiger partial charge is 0.480 e. The van der Waals surface area contributed by atoms with E-state index in [-0.39, 0.29) is 12.5 Å². The summed E-state index contributed by atoms with van der Waals surface area (Å²) in [4.78, 5) is 24.6. The number of hydrogen-bond donors (Lipinski definition) is 2. The summed E-state index contributed by atoms with van der Waals surface area (Å²) in [6.07, 6.45) is 2.11. The average molecular weight is 327 g/mol. The van der Waals surface area contributed by atoms with E-state index in [1.807, 2.05) is 0 Å². The van der Waals surface area contributed by atoms with Gasteiger partial charge in [-0.3, -0.25) is 9.59 Å². The molecule has 0 aliphatic heterocycles. The molecule has 0 saturated heterocycles. The average Bonchev–Trinajstić information content (AvgIpc) is 3.10. The number of aliphatic carboxylic acids is 1. The monoisotopic (exact) mass is 326 g/mol. The maximum Gasteiger partial charge on any atom is 0.323 e. The van der Waals surface area contributed by atoms with Gasteiger partial charge in [-0.05, 0) is 37.0 Å². The second-order valence-corrected chi connectivity index (χ2v) is 5.67. The summed E-state index contributed by atoms with van der Waals surface area (Å²) in [5, 5.41) is 8.89. The molecule has 0 atom stereocenters. The zero-order chi connectivity index (χ0) is 14.0. The van der Waals surface area contributed by atoms with Crippen molar-refractivity contribution in [3.63, 3.8) is 0 Å². The van der Waals surface area contributed by atoms with Gasteiger partial charge in [0.15, 0.2) is 0 Å². The summed E-state index contributed by atoms with van der Waals surface area (Å²) in [6.45, 7) is 0.200. The Balaban J connectivity index is 2.19. The number of carboxylic acid groups (broad SMARTS) is 1. The van der Waals surface area contributed by atoms with Crippen molar-refractivity contribution < 1.29 is 14.7 Å². The van der Waals surface area contributed by atoms with E-state index < -0.39 is 5.97 Å². The van der Waals surface area contributed by atoms with Crippen LogP contribution in [0, 0.1) is 5.92 Å². The molecule has 0 aromatic heterocycles. The minimum atomic E-state index is -1.01. The normalized spacial score (nSPS) is 14.2. The number of halogens is 1. The van der Waals surface area contributed by atoms with Crippen molar-refractivity contribution in [2.45, 2.75) is 12.8 Å². The van der Waals surface area contributed by atoms with Gasteiger partial charge in [0.1, 0.15) is 6.54 Å². The lowest BCUT2D eigenvalue weighted by atomic mass is 10.1. The van der Waals surface area contributed by atoms with Crippen LogP contribution in [0.5, 0.6) is 0 Å². The lowest BCUT2D eigenvalue weighted by molar-refractivity contribution is -0.137. The molecule has 1 aliphatic carbocycles. The van der Waals surface area contributed by atoms with Gasteiger partial charge in [-0.2, -0.15) is 0 Å². The topological polar surface area (TPSA) is 83.6 Å². The van der Waals surface area contributed by atoms with Crippen molar-refractivity contribution in [3.05, 3.63) is 28.2 Å². The van der Waals surface area contributed by atoms with E-state index in [0.717, 1.165) is 17.3 Å². The highest BCUT2D eigenvalue weighted by molar-refractivity contribution is 9.10. The second kappa shape index (κ2) is 5.61. The molecule has 1 aromatic carbocycles. The fourth-order valence-corrected chi connectivity index (χ4v) is 2.27. The third-order valence-electron chi connectivity index (χ3n) is 3.03. The number of carbonyl (C=O) groups is 2. The van der Waals surface area contributed by atoms with E-state index in [1.165, 1.54) is 4.90 Å². The molecule has 0 radical (unpaired) electrons. The molecule has 0 heterocycles. The van der Waals surface area contributed by atoms with Gasteiger partial charge in [0.2, 0.25) is 0 Å². The van der Waals surface area contributed by atoms with Gasteiger partial charge >= 0.3 is 5.97 Å². The molecule has 0 bridgehead atoms. The van der Waals surface area contributed by atoms with Gasteiger partial charge in [0.25, 0.3) is 5.91 Å². The van der Waals surface area contributed by atoms with E-state index in [0.29, 0.717) is 23.7 Å². The predicted molar refractivity (Wildman–Crippen MR) is 74.8 cm³/mol. The first-order valence-corrected chi connectivity index (χ1v) is 6.82. The smallest absolute Gasteiger partial charge is 0.323 e. The molecule has 0 unspecified atom stereocenters. The van der Waals surface area contributed by atoms with Crippen LogP contribution in [0.4, 0.5) is 5.69 Å². The Morgan fingerprint density at radius 3 is 2.63 bits per heavy atom. The van der Waals surface area contributed by atoms with Crippen LogP contribution >= 0.6 is 15.9 Å². The van der Waals surface area contributed by atoms with Crippen molar-refractivity contribution >= 4 is 33.5 Å². The van der Waals surface area contributed by atoms with E-state index in [2.05, 4.69) is 15.9 Å². The van der Waals surface area contributed by atoms with Gasteiger partial charge in [-0.25, -0.2) is 0 Å². The lowest BCUT2D eigenvalue weighted by Crippen LogP contribution is -2.37. The van der Waals surface area contributed by atoms with Gasteiger partial charge in [-0.1, -0.05) is 15.9 Å². The van der Waals surface area contributed by atoms with Gasteiger partial charge < -0.3 is 15.7 Å². The van der Waals surface area contributed by atoms with Crippen molar-refractivity contribution in [2.75, 3.05) is 18.8 Å². The summed E-state index contributed by atoms with van der Waals surface area (Å²) >= 11 is 3.27.